The fourth-order valence-corrected chi connectivity index (χ4v) is 4.06. The van der Waals surface area contributed by atoms with Crippen molar-refractivity contribution in [3.8, 4) is 11.3 Å². The second-order valence-corrected chi connectivity index (χ2v) is 7.88. The SMILES string of the molecule is [C-]#[N+]c1cnc(NC(C)C2CCN(C(=O)OC)CC2)nc1-c1c[nH]c2ncc(C)cc12. The van der Waals surface area contributed by atoms with Crippen LogP contribution in [0.15, 0.2) is 24.7 Å². The van der Waals surface area contributed by atoms with E-state index in [2.05, 4.69) is 37.0 Å². The Morgan fingerprint density at radius 2 is 2.13 bits per heavy atom. The summed E-state index contributed by atoms with van der Waals surface area (Å²) in [7, 11) is 1.41. The Bertz CT molecular complexity index is 1140. The number of pyridine rings is 1. The van der Waals surface area contributed by atoms with Gasteiger partial charge in [0.15, 0.2) is 0 Å². The van der Waals surface area contributed by atoms with Crippen molar-refractivity contribution in [2.45, 2.75) is 32.7 Å². The van der Waals surface area contributed by atoms with Crippen LogP contribution in [0, 0.1) is 19.4 Å². The van der Waals surface area contributed by atoms with Crippen LogP contribution in [0.4, 0.5) is 16.4 Å². The monoisotopic (exact) mass is 419 g/mol. The van der Waals surface area contributed by atoms with Crippen molar-refractivity contribution in [1.29, 1.82) is 0 Å². The van der Waals surface area contributed by atoms with Crippen molar-refractivity contribution >= 4 is 28.8 Å². The number of aromatic nitrogens is 4. The average Bonchev–Trinajstić information content (AvgIpc) is 3.21. The molecule has 9 nitrogen and oxygen atoms in total. The number of ether oxygens (including phenoxy) is 1. The number of methoxy groups -OCH3 is 1. The van der Waals surface area contributed by atoms with E-state index in [9.17, 15) is 4.79 Å². The first-order valence-electron chi connectivity index (χ1n) is 10.3. The molecule has 1 aliphatic rings. The van der Waals surface area contributed by atoms with Gasteiger partial charge in [-0.05, 0) is 44.2 Å². The van der Waals surface area contributed by atoms with Crippen LogP contribution in [0.1, 0.15) is 25.3 Å². The number of aryl methyl sites for hydroxylation is 1. The molecule has 0 aliphatic carbocycles. The van der Waals surface area contributed by atoms with Crippen molar-refractivity contribution in [2.75, 3.05) is 25.5 Å². The summed E-state index contributed by atoms with van der Waals surface area (Å²) < 4.78 is 4.81. The molecular formula is C22H25N7O2. The van der Waals surface area contributed by atoms with Crippen LogP contribution in [0.2, 0.25) is 0 Å². The number of rotatable bonds is 4. The number of carbonyl (C=O) groups is 1. The third kappa shape index (κ3) is 4.14. The number of likely N-dealkylation sites (tertiary alicyclic amines) is 1. The van der Waals surface area contributed by atoms with E-state index in [4.69, 9.17) is 11.3 Å². The molecule has 1 fully saturated rings. The number of aromatic amines is 1. The largest absolute Gasteiger partial charge is 0.453 e. The van der Waals surface area contributed by atoms with Gasteiger partial charge in [-0.3, -0.25) is 0 Å². The Labute approximate surface area is 180 Å². The molecule has 0 spiro atoms. The zero-order valence-electron chi connectivity index (χ0n) is 17.8. The Balaban J connectivity index is 1.55. The van der Waals surface area contributed by atoms with Crippen molar-refractivity contribution in [1.82, 2.24) is 24.8 Å². The van der Waals surface area contributed by atoms with Gasteiger partial charge >= 0.3 is 6.09 Å². The number of piperidine rings is 1. The Hall–Kier alpha value is -3.67. The van der Waals surface area contributed by atoms with Gasteiger partial charge in [-0.25, -0.2) is 24.6 Å². The van der Waals surface area contributed by atoms with Crippen LogP contribution in [-0.4, -0.2) is 57.2 Å². The first-order chi connectivity index (χ1) is 15.0. The lowest BCUT2D eigenvalue weighted by atomic mass is 9.90. The van der Waals surface area contributed by atoms with Gasteiger partial charge in [-0.15, -0.1) is 0 Å². The van der Waals surface area contributed by atoms with Gasteiger partial charge in [0.05, 0.1) is 19.4 Å². The highest BCUT2D eigenvalue weighted by Gasteiger charge is 2.27. The zero-order chi connectivity index (χ0) is 22.0. The van der Waals surface area contributed by atoms with Crippen LogP contribution in [0.5, 0.6) is 0 Å². The summed E-state index contributed by atoms with van der Waals surface area (Å²) in [4.78, 5) is 33.7. The molecule has 4 rings (SSSR count). The summed E-state index contributed by atoms with van der Waals surface area (Å²) in [6, 6.07) is 2.16. The van der Waals surface area contributed by atoms with E-state index in [-0.39, 0.29) is 12.1 Å². The maximum absolute atomic E-state index is 11.7. The number of amides is 1. The highest BCUT2D eigenvalue weighted by Crippen LogP contribution is 2.34. The van der Waals surface area contributed by atoms with Gasteiger partial charge in [0.25, 0.3) is 0 Å². The lowest BCUT2D eigenvalue weighted by molar-refractivity contribution is 0.104. The molecule has 1 aliphatic heterocycles. The van der Waals surface area contributed by atoms with Gasteiger partial charge < -0.3 is 19.9 Å². The minimum absolute atomic E-state index is 0.123. The molecule has 0 radical (unpaired) electrons. The van der Waals surface area contributed by atoms with E-state index in [1.807, 2.05) is 19.2 Å². The van der Waals surface area contributed by atoms with Crippen molar-refractivity contribution < 1.29 is 9.53 Å². The molecular weight excluding hydrogens is 394 g/mol. The lowest BCUT2D eigenvalue weighted by Gasteiger charge is -2.34. The Morgan fingerprint density at radius 1 is 1.35 bits per heavy atom. The smallest absolute Gasteiger partial charge is 0.409 e. The fourth-order valence-electron chi connectivity index (χ4n) is 4.06. The normalized spacial score (nSPS) is 15.5. The number of anilines is 1. The second kappa shape index (κ2) is 8.60. The topological polar surface area (TPSA) is 100 Å². The molecule has 31 heavy (non-hydrogen) atoms. The molecule has 1 atom stereocenters. The summed E-state index contributed by atoms with van der Waals surface area (Å²) >= 11 is 0. The highest BCUT2D eigenvalue weighted by atomic mass is 16.5. The van der Waals surface area contributed by atoms with Gasteiger partial charge in [-0.2, -0.15) is 0 Å². The molecule has 0 saturated carbocycles. The van der Waals surface area contributed by atoms with E-state index < -0.39 is 0 Å². The van der Waals surface area contributed by atoms with Crippen LogP contribution in [0.3, 0.4) is 0 Å². The second-order valence-electron chi connectivity index (χ2n) is 7.88. The van der Waals surface area contributed by atoms with E-state index in [1.54, 1.807) is 17.3 Å². The fraction of sp³-hybridized carbons (Fsp3) is 0.409. The molecule has 160 valence electrons. The predicted octanol–water partition coefficient (Wildman–Crippen LogP) is 4.16. The van der Waals surface area contributed by atoms with Crippen molar-refractivity contribution in [2.24, 2.45) is 5.92 Å². The van der Waals surface area contributed by atoms with Crippen molar-refractivity contribution in [3.05, 3.63) is 41.6 Å². The molecule has 0 aromatic carbocycles. The van der Waals surface area contributed by atoms with Crippen LogP contribution in [-0.2, 0) is 4.74 Å². The van der Waals surface area contributed by atoms with Crippen LogP contribution < -0.4 is 5.32 Å². The summed E-state index contributed by atoms with van der Waals surface area (Å²) in [5.41, 5.74) is 3.61. The predicted molar refractivity (Wildman–Crippen MR) is 118 cm³/mol. The standard InChI is InChI=1S/C22H25N7O2/c1-13-9-16-17(11-25-20(16)24-10-13)19-18(23-3)12-26-21(28-19)27-14(2)15-5-7-29(8-6-15)22(30)31-4/h9-12,14-15H,5-8H2,1-2,4H3,(H,24,25)(H,26,27,28). The summed E-state index contributed by atoms with van der Waals surface area (Å²) in [6.07, 6.45) is 6.69. The van der Waals surface area contributed by atoms with Gasteiger partial charge in [0.2, 0.25) is 11.6 Å². The zero-order valence-corrected chi connectivity index (χ0v) is 17.8. The maximum atomic E-state index is 11.7. The molecule has 1 amide bonds. The summed E-state index contributed by atoms with van der Waals surface area (Å²) in [5.74, 6) is 0.869. The molecule has 4 heterocycles. The van der Waals surface area contributed by atoms with Gasteiger partial charge in [0, 0.05) is 48.7 Å². The summed E-state index contributed by atoms with van der Waals surface area (Å²) in [5, 5.41) is 4.33. The minimum Gasteiger partial charge on any atom is -0.453 e. The molecule has 1 saturated heterocycles. The van der Waals surface area contributed by atoms with Crippen LogP contribution in [0.25, 0.3) is 27.1 Å². The van der Waals surface area contributed by atoms with E-state index in [0.29, 0.717) is 36.3 Å². The quantitative estimate of drug-likeness (QED) is 0.616. The van der Waals surface area contributed by atoms with E-state index in [0.717, 1.165) is 35.0 Å². The first kappa shape index (κ1) is 20.6. The van der Waals surface area contributed by atoms with Crippen LogP contribution >= 0.6 is 0 Å². The molecule has 9 heteroatoms. The number of hydrogen-bond donors (Lipinski definition) is 2. The van der Waals surface area contributed by atoms with E-state index >= 15 is 0 Å². The molecule has 3 aromatic heterocycles. The maximum Gasteiger partial charge on any atom is 0.409 e. The highest BCUT2D eigenvalue weighted by molar-refractivity contribution is 5.96. The minimum atomic E-state index is -0.273. The number of hydrogen-bond acceptors (Lipinski definition) is 6. The number of carbonyl (C=O) groups excluding carboxylic acids is 1. The average molecular weight is 419 g/mol. The first-order valence-corrected chi connectivity index (χ1v) is 10.3. The number of fused-ring (bicyclic) bond motifs is 1. The van der Waals surface area contributed by atoms with Gasteiger partial charge in [0.1, 0.15) is 5.65 Å². The number of nitrogens with one attached hydrogen (secondary N) is 2. The third-order valence-corrected chi connectivity index (χ3v) is 5.85. The Morgan fingerprint density at radius 3 is 2.84 bits per heavy atom. The molecule has 1 unspecified atom stereocenters. The van der Waals surface area contributed by atoms with E-state index in [1.165, 1.54) is 7.11 Å². The van der Waals surface area contributed by atoms with Gasteiger partial charge in [-0.1, -0.05) is 0 Å². The third-order valence-electron chi connectivity index (χ3n) is 5.85. The Kier molecular flexibility index (Phi) is 5.71. The number of H-pyrrole nitrogens is 1. The molecule has 3 aromatic rings. The summed E-state index contributed by atoms with van der Waals surface area (Å²) in [6.45, 7) is 13.0. The molecule has 0 bridgehead atoms. The number of nitrogens with zero attached hydrogens (tertiary/aromatic N) is 5. The van der Waals surface area contributed by atoms with Crippen molar-refractivity contribution in [3.63, 3.8) is 0 Å². The lowest BCUT2D eigenvalue weighted by Crippen LogP contribution is -2.42. The molecule has 2 N–H and O–H groups in total.